The fourth-order valence-electron chi connectivity index (χ4n) is 2.15. The van der Waals surface area contributed by atoms with Crippen molar-refractivity contribution in [2.24, 2.45) is 5.73 Å². The maximum absolute atomic E-state index is 12.3. The number of carbonyl (C=O) groups is 1. The minimum absolute atomic E-state index is 0.127. The van der Waals surface area contributed by atoms with E-state index in [1.165, 1.54) is 0 Å². The molecule has 0 atom stereocenters. The van der Waals surface area contributed by atoms with Crippen molar-refractivity contribution in [3.63, 3.8) is 0 Å². The van der Waals surface area contributed by atoms with Crippen LogP contribution in [0.5, 0.6) is 5.75 Å². The molecule has 4 nitrogen and oxygen atoms in total. The molecule has 4 heteroatoms. The van der Waals surface area contributed by atoms with E-state index in [-0.39, 0.29) is 5.91 Å². The summed E-state index contributed by atoms with van der Waals surface area (Å²) < 4.78 is 5.45. The first-order valence-electron chi connectivity index (χ1n) is 6.91. The van der Waals surface area contributed by atoms with Gasteiger partial charge in [-0.05, 0) is 38.1 Å². The molecule has 3 N–H and O–H groups in total. The first-order valence-corrected chi connectivity index (χ1v) is 6.91. The molecule has 0 unspecified atom stereocenters. The number of anilines is 1. The average molecular weight is 284 g/mol. The Kier molecular flexibility index (Phi) is 4.95. The quantitative estimate of drug-likeness (QED) is 0.887. The number of hydrogen-bond donors (Lipinski definition) is 2. The maximum atomic E-state index is 12.3. The number of ether oxygens (including phenoxy) is 1. The van der Waals surface area contributed by atoms with Gasteiger partial charge >= 0.3 is 0 Å². The smallest absolute Gasteiger partial charge is 0.255 e. The third kappa shape index (κ3) is 4.33. The van der Waals surface area contributed by atoms with Gasteiger partial charge in [0.25, 0.3) is 5.91 Å². The van der Waals surface area contributed by atoms with Crippen LogP contribution < -0.4 is 15.8 Å². The molecule has 0 aliphatic heterocycles. The van der Waals surface area contributed by atoms with Crippen molar-refractivity contribution >= 4 is 11.6 Å². The van der Waals surface area contributed by atoms with E-state index >= 15 is 0 Å². The van der Waals surface area contributed by atoms with Crippen LogP contribution >= 0.6 is 0 Å². The standard InChI is InChI=1S/C17H20N2O2/c1-12-8-13(2)10-14(9-12)17(20)19-15-4-3-5-16(11-15)21-7-6-18/h3-5,8-11H,6-7,18H2,1-2H3,(H,19,20). The Morgan fingerprint density at radius 3 is 2.52 bits per heavy atom. The monoisotopic (exact) mass is 284 g/mol. The predicted molar refractivity (Wildman–Crippen MR) is 84.9 cm³/mol. The second kappa shape index (κ2) is 6.90. The third-order valence-electron chi connectivity index (χ3n) is 2.96. The fraction of sp³-hybridized carbons (Fsp3) is 0.235. The normalized spacial score (nSPS) is 10.2. The lowest BCUT2D eigenvalue weighted by Gasteiger charge is -2.09. The van der Waals surface area contributed by atoms with E-state index in [1.54, 1.807) is 6.07 Å². The van der Waals surface area contributed by atoms with Crippen molar-refractivity contribution in [2.75, 3.05) is 18.5 Å². The van der Waals surface area contributed by atoms with Crippen LogP contribution in [0.4, 0.5) is 5.69 Å². The van der Waals surface area contributed by atoms with Crippen molar-refractivity contribution in [1.82, 2.24) is 0 Å². The summed E-state index contributed by atoms with van der Waals surface area (Å²) in [5, 5.41) is 2.88. The largest absolute Gasteiger partial charge is 0.492 e. The van der Waals surface area contributed by atoms with Gasteiger partial charge in [0.05, 0.1) is 0 Å². The van der Waals surface area contributed by atoms with E-state index in [2.05, 4.69) is 5.32 Å². The molecule has 0 aromatic heterocycles. The molecule has 2 aromatic rings. The van der Waals surface area contributed by atoms with Crippen molar-refractivity contribution in [2.45, 2.75) is 13.8 Å². The van der Waals surface area contributed by atoms with E-state index in [0.29, 0.717) is 30.2 Å². The van der Waals surface area contributed by atoms with Gasteiger partial charge in [-0.1, -0.05) is 23.3 Å². The van der Waals surface area contributed by atoms with Crippen LogP contribution in [-0.4, -0.2) is 19.1 Å². The van der Waals surface area contributed by atoms with Crippen molar-refractivity contribution in [3.05, 3.63) is 59.2 Å². The van der Waals surface area contributed by atoms with Gasteiger partial charge in [-0.15, -0.1) is 0 Å². The summed E-state index contributed by atoms with van der Waals surface area (Å²) >= 11 is 0. The number of carbonyl (C=O) groups excluding carboxylic acids is 1. The van der Waals surface area contributed by atoms with Crippen LogP contribution in [0, 0.1) is 13.8 Å². The minimum atomic E-state index is -0.127. The Morgan fingerprint density at radius 2 is 1.86 bits per heavy atom. The van der Waals surface area contributed by atoms with Gasteiger partial charge in [-0.2, -0.15) is 0 Å². The molecule has 21 heavy (non-hydrogen) atoms. The highest BCUT2D eigenvalue weighted by Crippen LogP contribution is 2.18. The third-order valence-corrected chi connectivity index (χ3v) is 2.96. The fourth-order valence-corrected chi connectivity index (χ4v) is 2.15. The van der Waals surface area contributed by atoms with E-state index in [0.717, 1.165) is 11.1 Å². The summed E-state index contributed by atoms with van der Waals surface area (Å²) in [6.45, 7) is 4.86. The molecule has 0 spiro atoms. The second-order valence-electron chi connectivity index (χ2n) is 5.00. The molecule has 0 aliphatic rings. The van der Waals surface area contributed by atoms with Crippen LogP contribution in [-0.2, 0) is 0 Å². The number of amides is 1. The van der Waals surface area contributed by atoms with Gasteiger partial charge in [-0.25, -0.2) is 0 Å². The van der Waals surface area contributed by atoms with Gasteiger partial charge in [0.1, 0.15) is 12.4 Å². The number of nitrogens with two attached hydrogens (primary N) is 1. The number of hydrogen-bond acceptors (Lipinski definition) is 3. The molecular weight excluding hydrogens is 264 g/mol. The summed E-state index contributed by atoms with van der Waals surface area (Å²) in [5.41, 5.74) is 8.90. The van der Waals surface area contributed by atoms with Gasteiger partial charge < -0.3 is 15.8 Å². The zero-order valence-corrected chi connectivity index (χ0v) is 12.3. The first-order chi connectivity index (χ1) is 10.1. The number of nitrogens with one attached hydrogen (secondary N) is 1. The van der Waals surface area contributed by atoms with Crippen LogP contribution in [0.25, 0.3) is 0 Å². The van der Waals surface area contributed by atoms with Crippen LogP contribution in [0.3, 0.4) is 0 Å². The number of aryl methyl sites for hydroxylation is 2. The predicted octanol–water partition coefficient (Wildman–Crippen LogP) is 2.89. The molecule has 0 radical (unpaired) electrons. The summed E-state index contributed by atoms with van der Waals surface area (Å²) in [5.74, 6) is 0.566. The lowest BCUT2D eigenvalue weighted by atomic mass is 10.1. The minimum Gasteiger partial charge on any atom is -0.492 e. The molecule has 0 saturated heterocycles. The van der Waals surface area contributed by atoms with Crippen LogP contribution in [0.2, 0.25) is 0 Å². The Hall–Kier alpha value is -2.33. The summed E-state index contributed by atoms with van der Waals surface area (Å²) in [4.78, 5) is 12.3. The van der Waals surface area contributed by atoms with Crippen molar-refractivity contribution < 1.29 is 9.53 Å². The topological polar surface area (TPSA) is 64.3 Å². The van der Waals surface area contributed by atoms with E-state index in [9.17, 15) is 4.79 Å². The van der Waals surface area contributed by atoms with E-state index in [4.69, 9.17) is 10.5 Å². The first kappa shape index (κ1) is 15.1. The zero-order chi connectivity index (χ0) is 15.2. The lowest BCUT2D eigenvalue weighted by molar-refractivity contribution is 0.102. The molecule has 0 aliphatic carbocycles. The summed E-state index contributed by atoms with van der Waals surface area (Å²) in [7, 11) is 0. The molecular formula is C17H20N2O2. The Labute approximate surface area is 124 Å². The second-order valence-corrected chi connectivity index (χ2v) is 5.00. The molecule has 2 aromatic carbocycles. The maximum Gasteiger partial charge on any atom is 0.255 e. The molecule has 110 valence electrons. The van der Waals surface area contributed by atoms with Gasteiger partial charge in [0, 0.05) is 23.9 Å². The Bertz CT molecular complexity index is 618. The number of rotatable bonds is 5. The molecule has 0 fully saturated rings. The zero-order valence-electron chi connectivity index (χ0n) is 12.3. The highest BCUT2D eigenvalue weighted by atomic mass is 16.5. The molecule has 2 rings (SSSR count). The molecule has 0 saturated carbocycles. The highest BCUT2D eigenvalue weighted by Gasteiger charge is 2.07. The van der Waals surface area contributed by atoms with E-state index in [1.807, 2.05) is 50.2 Å². The summed E-state index contributed by atoms with van der Waals surface area (Å²) in [6.07, 6.45) is 0. The van der Waals surface area contributed by atoms with Crippen molar-refractivity contribution in [3.8, 4) is 5.75 Å². The lowest BCUT2D eigenvalue weighted by Crippen LogP contribution is -2.13. The van der Waals surface area contributed by atoms with Crippen molar-refractivity contribution in [1.29, 1.82) is 0 Å². The van der Waals surface area contributed by atoms with Gasteiger partial charge in [-0.3, -0.25) is 4.79 Å². The van der Waals surface area contributed by atoms with Gasteiger partial charge in [0.15, 0.2) is 0 Å². The summed E-state index contributed by atoms with van der Waals surface area (Å²) in [6, 6.07) is 13.1. The Balaban J connectivity index is 2.11. The van der Waals surface area contributed by atoms with Crippen LogP contribution in [0.1, 0.15) is 21.5 Å². The van der Waals surface area contributed by atoms with Crippen LogP contribution in [0.15, 0.2) is 42.5 Å². The molecule has 1 amide bonds. The molecule has 0 bridgehead atoms. The van der Waals surface area contributed by atoms with Gasteiger partial charge in [0.2, 0.25) is 0 Å². The average Bonchev–Trinajstić information content (AvgIpc) is 2.44. The van der Waals surface area contributed by atoms with E-state index < -0.39 is 0 Å². The number of benzene rings is 2. The molecule has 0 heterocycles. The Morgan fingerprint density at radius 1 is 1.14 bits per heavy atom. The SMILES string of the molecule is Cc1cc(C)cc(C(=O)Nc2cccc(OCCN)c2)c1. The highest BCUT2D eigenvalue weighted by molar-refractivity contribution is 6.04.